The molecule has 7 heteroatoms. The lowest BCUT2D eigenvalue weighted by Gasteiger charge is -2.32. The highest BCUT2D eigenvalue weighted by Gasteiger charge is 2.27. The molecule has 2 unspecified atom stereocenters. The maximum Gasteiger partial charge on any atom is 0.191 e. The van der Waals surface area contributed by atoms with Crippen LogP contribution in [0.15, 0.2) is 34.6 Å². The second kappa shape index (κ2) is 11.0. The predicted molar refractivity (Wildman–Crippen MR) is 129 cm³/mol. The molecule has 168 valence electrons. The third-order valence-electron chi connectivity index (χ3n) is 6.20. The van der Waals surface area contributed by atoms with Gasteiger partial charge in [-0.1, -0.05) is 29.8 Å². The number of aliphatic imine (C=N–C) groups is 1. The van der Waals surface area contributed by atoms with Crippen molar-refractivity contribution in [3.05, 3.63) is 46.5 Å². The van der Waals surface area contributed by atoms with Crippen LogP contribution >= 0.6 is 11.3 Å². The number of anilines is 1. The molecule has 1 aromatic carbocycles. The van der Waals surface area contributed by atoms with Crippen molar-refractivity contribution in [1.29, 1.82) is 0 Å². The Kier molecular flexibility index (Phi) is 7.81. The Labute approximate surface area is 190 Å². The summed E-state index contributed by atoms with van der Waals surface area (Å²) in [6, 6.07) is 8.75. The van der Waals surface area contributed by atoms with Gasteiger partial charge in [-0.2, -0.15) is 0 Å². The van der Waals surface area contributed by atoms with E-state index < -0.39 is 0 Å². The highest BCUT2D eigenvalue weighted by atomic mass is 32.1. The largest absolute Gasteiger partial charge is 0.373 e. The molecule has 2 aliphatic rings. The van der Waals surface area contributed by atoms with E-state index in [1.165, 1.54) is 35.5 Å². The minimum absolute atomic E-state index is 0.152. The van der Waals surface area contributed by atoms with Crippen LogP contribution in [0.5, 0.6) is 0 Å². The molecule has 31 heavy (non-hydrogen) atoms. The van der Waals surface area contributed by atoms with Crippen LogP contribution in [0.2, 0.25) is 0 Å². The Morgan fingerprint density at radius 1 is 1.19 bits per heavy atom. The molecule has 0 aliphatic carbocycles. The summed E-state index contributed by atoms with van der Waals surface area (Å²) in [5.41, 5.74) is 3.72. The van der Waals surface area contributed by atoms with Gasteiger partial charge in [0.25, 0.3) is 0 Å². The first-order valence-corrected chi connectivity index (χ1v) is 12.4. The summed E-state index contributed by atoms with van der Waals surface area (Å²) in [6.07, 6.45) is 5.91. The van der Waals surface area contributed by atoms with E-state index in [1.807, 2.05) is 7.05 Å². The van der Waals surface area contributed by atoms with Crippen molar-refractivity contribution in [2.45, 2.75) is 45.1 Å². The van der Waals surface area contributed by atoms with Crippen LogP contribution in [-0.2, 0) is 11.2 Å². The smallest absolute Gasteiger partial charge is 0.191 e. The number of nitrogens with one attached hydrogen (secondary N) is 2. The van der Waals surface area contributed by atoms with Gasteiger partial charge in [-0.05, 0) is 38.2 Å². The molecular formula is C24H35N5OS. The van der Waals surface area contributed by atoms with Gasteiger partial charge in [-0.25, -0.2) is 4.98 Å². The van der Waals surface area contributed by atoms with Crippen LogP contribution < -0.4 is 15.5 Å². The minimum Gasteiger partial charge on any atom is -0.373 e. The van der Waals surface area contributed by atoms with E-state index in [-0.39, 0.29) is 6.10 Å². The molecule has 2 atom stereocenters. The van der Waals surface area contributed by atoms with Crippen LogP contribution in [0, 0.1) is 12.8 Å². The molecule has 2 saturated heterocycles. The summed E-state index contributed by atoms with van der Waals surface area (Å²) in [5.74, 6) is 1.29. The second-order valence-corrected chi connectivity index (χ2v) is 9.39. The lowest BCUT2D eigenvalue weighted by molar-refractivity contribution is -0.0265. The van der Waals surface area contributed by atoms with Crippen molar-refractivity contribution < 1.29 is 4.74 Å². The number of benzene rings is 1. The molecule has 0 amide bonds. The summed E-state index contributed by atoms with van der Waals surface area (Å²) in [7, 11) is 1.83. The molecule has 4 rings (SSSR count). The first kappa shape index (κ1) is 22.1. The SMILES string of the molecule is CN=C(NCCc1csc(N2CCCC2)n1)NCC1CCCOC1c1ccc(C)cc1. The highest BCUT2D eigenvalue weighted by Crippen LogP contribution is 2.33. The Hall–Kier alpha value is -2.12. The Morgan fingerprint density at radius 2 is 2.00 bits per heavy atom. The monoisotopic (exact) mass is 441 g/mol. The third-order valence-corrected chi connectivity index (χ3v) is 7.15. The zero-order valence-electron chi connectivity index (χ0n) is 18.8. The van der Waals surface area contributed by atoms with E-state index in [0.29, 0.717) is 5.92 Å². The van der Waals surface area contributed by atoms with E-state index in [1.54, 1.807) is 11.3 Å². The summed E-state index contributed by atoms with van der Waals surface area (Å²) < 4.78 is 6.15. The minimum atomic E-state index is 0.152. The molecule has 0 bridgehead atoms. The Bertz CT molecular complexity index is 844. The van der Waals surface area contributed by atoms with Gasteiger partial charge >= 0.3 is 0 Å². The molecule has 2 aromatic rings. The lowest BCUT2D eigenvalue weighted by atomic mass is 9.89. The molecule has 2 aliphatic heterocycles. The fraction of sp³-hybridized carbons (Fsp3) is 0.583. The zero-order chi connectivity index (χ0) is 21.5. The predicted octanol–water partition coefficient (Wildman–Crippen LogP) is 3.93. The summed E-state index contributed by atoms with van der Waals surface area (Å²) >= 11 is 1.77. The average Bonchev–Trinajstić information content (AvgIpc) is 3.49. The van der Waals surface area contributed by atoms with Crippen LogP contribution in [0.25, 0.3) is 0 Å². The number of thiazole rings is 1. The van der Waals surface area contributed by atoms with Crippen molar-refractivity contribution in [1.82, 2.24) is 15.6 Å². The molecule has 0 spiro atoms. The van der Waals surface area contributed by atoms with E-state index in [2.05, 4.69) is 57.1 Å². The summed E-state index contributed by atoms with van der Waals surface area (Å²) in [4.78, 5) is 11.6. The summed E-state index contributed by atoms with van der Waals surface area (Å²) in [5, 5.41) is 10.3. The summed E-state index contributed by atoms with van der Waals surface area (Å²) in [6.45, 7) is 6.94. The normalized spacial score (nSPS) is 22.0. The van der Waals surface area contributed by atoms with Gasteiger partial charge in [0.15, 0.2) is 11.1 Å². The molecule has 2 fully saturated rings. The number of ether oxygens (including phenoxy) is 1. The van der Waals surface area contributed by atoms with Gasteiger partial charge in [-0.3, -0.25) is 4.99 Å². The van der Waals surface area contributed by atoms with Crippen molar-refractivity contribution in [2.75, 3.05) is 44.7 Å². The highest BCUT2D eigenvalue weighted by molar-refractivity contribution is 7.13. The fourth-order valence-electron chi connectivity index (χ4n) is 4.40. The van der Waals surface area contributed by atoms with Gasteiger partial charge in [0.05, 0.1) is 11.8 Å². The number of aryl methyl sites for hydroxylation is 1. The van der Waals surface area contributed by atoms with E-state index in [4.69, 9.17) is 9.72 Å². The molecule has 6 nitrogen and oxygen atoms in total. The quantitative estimate of drug-likeness (QED) is 0.504. The first-order chi connectivity index (χ1) is 15.2. The fourth-order valence-corrected chi connectivity index (χ4v) is 5.31. The maximum atomic E-state index is 6.15. The van der Waals surface area contributed by atoms with Crippen LogP contribution in [-0.4, -0.2) is 50.8 Å². The van der Waals surface area contributed by atoms with Crippen molar-refractivity contribution in [3.63, 3.8) is 0 Å². The molecule has 0 radical (unpaired) electrons. The number of hydrogen-bond acceptors (Lipinski definition) is 5. The molecule has 2 N–H and O–H groups in total. The van der Waals surface area contributed by atoms with Crippen LogP contribution in [0.1, 0.15) is 48.6 Å². The van der Waals surface area contributed by atoms with Crippen molar-refractivity contribution >= 4 is 22.4 Å². The molecular weight excluding hydrogens is 406 g/mol. The van der Waals surface area contributed by atoms with Gasteiger partial charge in [0, 0.05) is 57.6 Å². The topological polar surface area (TPSA) is 61.8 Å². The van der Waals surface area contributed by atoms with E-state index >= 15 is 0 Å². The molecule has 3 heterocycles. The average molecular weight is 442 g/mol. The number of guanidine groups is 1. The van der Waals surface area contributed by atoms with Crippen molar-refractivity contribution in [3.8, 4) is 0 Å². The third kappa shape index (κ3) is 5.98. The van der Waals surface area contributed by atoms with Crippen LogP contribution in [0.3, 0.4) is 0 Å². The number of aromatic nitrogens is 1. The van der Waals surface area contributed by atoms with Gasteiger partial charge < -0.3 is 20.3 Å². The van der Waals surface area contributed by atoms with E-state index in [0.717, 1.165) is 57.3 Å². The number of hydrogen-bond donors (Lipinski definition) is 2. The van der Waals surface area contributed by atoms with Gasteiger partial charge in [-0.15, -0.1) is 11.3 Å². The number of rotatable bonds is 7. The first-order valence-electron chi connectivity index (χ1n) is 11.5. The Morgan fingerprint density at radius 3 is 2.77 bits per heavy atom. The van der Waals surface area contributed by atoms with Gasteiger partial charge in [0.1, 0.15) is 0 Å². The standard InChI is InChI=1S/C24H35N5OS/c1-18-7-9-19(10-8-18)22-20(6-5-15-30-22)16-27-23(25-2)26-12-11-21-17-31-24(28-21)29-13-3-4-14-29/h7-10,17,20,22H,3-6,11-16H2,1-2H3,(H2,25,26,27). The molecule has 1 aromatic heterocycles. The Balaban J connectivity index is 1.24. The number of nitrogens with zero attached hydrogens (tertiary/aromatic N) is 3. The lowest BCUT2D eigenvalue weighted by Crippen LogP contribution is -2.42. The van der Waals surface area contributed by atoms with E-state index in [9.17, 15) is 0 Å². The molecule has 0 saturated carbocycles. The van der Waals surface area contributed by atoms with Crippen LogP contribution in [0.4, 0.5) is 5.13 Å². The zero-order valence-corrected chi connectivity index (χ0v) is 19.6. The maximum absolute atomic E-state index is 6.15. The second-order valence-electron chi connectivity index (χ2n) is 8.55. The van der Waals surface area contributed by atoms with Crippen molar-refractivity contribution in [2.24, 2.45) is 10.9 Å². The van der Waals surface area contributed by atoms with Gasteiger partial charge in [0.2, 0.25) is 0 Å².